The summed E-state index contributed by atoms with van der Waals surface area (Å²) in [6.07, 6.45) is 2.22. The summed E-state index contributed by atoms with van der Waals surface area (Å²) in [4.78, 5) is 22.4. The summed E-state index contributed by atoms with van der Waals surface area (Å²) >= 11 is 0. The normalized spacial score (nSPS) is 11.1. The summed E-state index contributed by atoms with van der Waals surface area (Å²) in [5.74, 6) is 1.46. The van der Waals surface area contributed by atoms with Crippen LogP contribution < -0.4 is 10.1 Å². The highest BCUT2D eigenvalue weighted by atomic mass is 16.5. The smallest absolute Gasteiger partial charge is 0.234 e. The number of methoxy groups -OCH3 is 1. The molecule has 0 saturated carbocycles. The molecule has 0 unspecified atom stereocenters. The molecule has 2 heterocycles. The lowest BCUT2D eigenvalue weighted by molar-refractivity contribution is -0.121. The Balaban J connectivity index is 1.68. The van der Waals surface area contributed by atoms with Gasteiger partial charge in [-0.3, -0.25) is 4.79 Å². The van der Waals surface area contributed by atoms with Crippen molar-refractivity contribution >= 4 is 11.6 Å². The van der Waals surface area contributed by atoms with Crippen LogP contribution in [0.1, 0.15) is 5.82 Å². The van der Waals surface area contributed by atoms with Gasteiger partial charge in [0.25, 0.3) is 0 Å². The van der Waals surface area contributed by atoms with Gasteiger partial charge in [0.15, 0.2) is 11.5 Å². The molecule has 2 aromatic heterocycles. The van der Waals surface area contributed by atoms with Gasteiger partial charge in [0.05, 0.1) is 19.3 Å². The lowest BCUT2D eigenvalue weighted by Crippen LogP contribution is -2.34. The van der Waals surface area contributed by atoms with E-state index in [1.165, 1.54) is 0 Å². The van der Waals surface area contributed by atoms with Gasteiger partial charge < -0.3 is 15.0 Å². The Kier molecular flexibility index (Phi) is 5.43. The van der Waals surface area contributed by atoms with Crippen LogP contribution in [0.5, 0.6) is 5.75 Å². The molecule has 0 fully saturated rings. The minimum Gasteiger partial charge on any atom is -0.497 e. The third-order valence-corrected chi connectivity index (χ3v) is 3.79. The number of aromatic nitrogens is 4. The number of nitrogens with zero attached hydrogens (tertiary/aromatic N) is 5. The Morgan fingerprint density at radius 3 is 2.73 bits per heavy atom. The van der Waals surface area contributed by atoms with E-state index in [1.807, 2.05) is 49.3 Å². The van der Waals surface area contributed by atoms with Crippen molar-refractivity contribution in [3.05, 3.63) is 42.5 Å². The van der Waals surface area contributed by atoms with Crippen LogP contribution in [0.2, 0.25) is 0 Å². The van der Waals surface area contributed by atoms with Gasteiger partial charge in [-0.2, -0.15) is 0 Å². The van der Waals surface area contributed by atoms with Gasteiger partial charge >= 0.3 is 0 Å². The molecule has 8 nitrogen and oxygen atoms in total. The highest BCUT2D eigenvalue weighted by Gasteiger charge is 2.08. The summed E-state index contributed by atoms with van der Waals surface area (Å²) in [5, 5.41) is 7.25. The molecule has 0 radical (unpaired) electrons. The molecule has 0 bridgehead atoms. The third kappa shape index (κ3) is 4.34. The van der Waals surface area contributed by atoms with Crippen molar-refractivity contribution in [1.82, 2.24) is 29.8 Å². The molecular formula is C18H22N6O2. The molecule has 1 amide bonds. The first-order valence-electron chi connectivity index (χ1n) is 8.32. The molecule has 0 aliphatic carbocycles. The van der Waals surface area contributed by atoms with Crippen LogP contribution in [0.25, 0.3) is 16.9 Å². The fourth-order valence-corrected chi connectivity index (χ4v) is 2.52. The first-order chi connectivity index (χ1) is 12.5. The van der Waals surface area contributed by atoms with E-state index in [0.29, 0.717) is 25.3 Å². The van der Waals surface area contributed by atoms with Gasteiger partial charge in [-0.15, -0.1) is 5.10 Å². The average molecular weight is 354 g/mol. The molecule has 0 aliphatic rings. The van der Waals surface area contributed by atoms with E-state index in [-0.39, 0.29) is 5.91 Å². The second-order valence-corrected chi connectivity index (χ2v) is 6.17. The molecule has 0 saturated heterocycles. The maximum atomic E-state index is 11.6. The summed E-state index contributed by atoms with van der Waals surface area (Å²) in [6.45, 7) is 0.871. The molecule has 0 atom stereocenters. The summed E-state index contributed by atoms with van der Waals surface area (Å²) in [7, 11) is 5.35. The number of hydrogen-bond acceptors (Lipinski definition) is 6. The molecule has 0 spiro atoms. The van der Waals surface area contributed by atoms with Gasteiger partial charge in [-0.25, -0.2) is 14.5 Å². The highest BCUT2D eigenvalue weighted by molar-refractivity contribution is 5.77. The average Bonchev–Trinajstić information content (AvgIpc) is 3.03. The largest absolute Gasteiger partial charge is 0.497 e. The summed E-state index contributed by atoms with van der Waals surface area (Å²) in [5.41, 5.74) is 2.52. The SMILES string of the molecule is COc1ccc(-c2cc3nc(CCNC(=O)CN(C)C)nn3cn2)cc1. The van der Waals surface area contributed by atoms with Crippen molar-refractivity contribution < 1.29 is 9.53 Å². The Bertz CT molecular complexity index is 888. The third-order valence-electron chi connectivity index (χ3n) is 3.79. The summed E-state index contributed by atoms with van der Waals surface area (Å²) in [6, 6.07) is 9.59. The van der Waals surface area contributed by atoms with Gasteiger partial charge in [-0.1, -0.05) is 0 Å². The second-order valence-electron chi connectivity index (χ2n) is 6.17. The molecule has 3 rings (SSSR count). The van der Waals surface area contributed by atoms with E-state index >= 15 is 0 Å². The molecule has 0 aliphatic heterocycles. The van der Waals surface area contributed by atoms with E-state index in [4.69, 9.17) is 4.74 Å². The fourth-order valence-electron chi connectivity index (χ4n) is 2.52. The van der Waals surface area contributed by atoms with Gasteiger partial charge in [0, 0.05) is 24.6 Å². The zero-order valence-corrected chi connectivity index (χ0v) is 15.1. The van der Waals surface area contributed by atoms with Crippen molar-refractivity contribution in [2.24, 2.45) is 0 Å². The fraction of sp³-hybridized carbons (Fsp3) is 0.333. The number of likely N-dealkylation sites (N-methyl/N-ethyl adjacent to an activating group) is 1. The van der Waals surface area contributed by atoms with Crippen LogP contribution >= 0.6 is 0 Å². The lowest BCUT2D eigenvalue weighted by atomic mass is 10.1. The van der Waals surface area contributed by atoms with Gasteiger partial charge in [-0.05, 0) is 38.4 Å². The number of rotatable bonds is 7. The lowest BCUT2D eigenvalue weighted by Gasteiger charge is -2.08. The summed E-state index contributed by atoms with van der Waals surface area (Å²) < 4.78 is 6.82. The second kappa shape index (κ2) is 7.92. The van der Waals surface area contributed by atoms with Gasteiger partial charge in [0.2, 0.25) is 5.91 Å². The Labute approximate surface area is 151 Å². The number of carbonyl (C=O) groups is 1. The molecule has 1 aromatic carbocycles. The number of amides is 1. The maximum absolute atomic E-state index is 11.6. The topological polar surface area (TPSA) is 84.6 Å². The number of ether oxygens (including phenoxy) is 1. The first-order valence-corrected chi connectivity index (χ1v) is 8.32. The van der Waals surface area contributed by atoms with E-state index < -0.39 is 0 Å². The van der Waals surface area contributed by atoms with Crippen molar-refractivity contribution in [2.75, 3.05) is 34.3 Å². The Hall–Kier alpha value is -3.00. The van der Waals surface area contributed by atoms with Crippen LogP contribution in [0, 0.1) is 0 Å². The molecule has 26 heavy (non-hydrogen) atoms. The molecule has 3 aromatic rings. The minimum atomic E-state index is -0.0118. The van der Waals surface area contributed by atoms with Gasteiger partial charge in [0.1, 0.15) is 12.1 Å². The van der Waals surface area contributed by atoms with Crippen LogP contribution in [-0.4, -0.2) is 64.7 Å². The van der Waals surface area contributed by atoms with Crippen molar-refractivity contribution in [3.8, 4) is 17.0 Å². The molecule has 136 valence electrons. The number of fused-ring (bicyclic) bond motifs is 1. The van der Waals surface area contributed by atoms with Crippen LogP contribution in [0.4, 0.5) is 0 Å². The zero-order valence-electron chi connectivity index (χ0n) is 15.1. The van der Waals surface area contributed by atoms with Crippen molar-refractivity contribution in [1.29, 1.82) is 0 Å². The predicted octanol–water partition coefficient (Wildman–Crippen LogP) is 1.02. The molecular weight excluding hydrogens is 332 g/mol. The molecule has 8 heteroatoms. The highest BCUT2D eigenvalue weighted by Crippen LogP contribution is 2.21. The Morgan fingerprint density at radius 1 is 1.27 bits per heavy atom. The number of hydrogen-bond donors (Lipinski definition) is 1. The van der Waals surface area contributed by atoms with Crippen molar-refractivity contribution in [2.45, 2.75) is 6.42 Å². The standard InChI is InChI=1S/C18H22N6O2/c1-23(2)11-18(25)19-9-8-16-21-17-10-15(20-12-24(17)22-16)13-4-6-14(26-3)7-5-13/h4-7,10,12H,8-9,11H2,1-3H3,(H,19,25). The van der Waals surface area contributed by atoms with Crippen LogP contribution in [0.15, 0.2) is 36.7 Å². The van der Waals surface area contributed by atoms with E-state index in [2.05, 4.69) is 20.4 Å². The van der Waals surface area contributed by atoms with Crippen LogP contribution in [0.3, 0.4) is 0 Å². The van der Waals surface area contributed by atoms with E-state index in [1.54, 1.807) is 18.0 Å². The maximum Gasteiger partial charge on any atom is 0.234 e. The number of carbonyl (C=O) groups excluding carboxylic acids is 1. The van der Waals surface area contributed by atoms with Crippen LogP contribution in [-0.2, 0) is 11.2 Å². The Morgan fingerprint density at radius 2 is 2.04 bits per heavy atom. The van der Waals surface area contributed by atoms with Crippen molar-refractivity contribution in [3.63, 3.8) is 0 Å². The zero-order chi connectivity index (χ0) is 18.5. The quantitative estimate of drug-likeness (QED) is 0.682. The predicted molar refractivity (Wildman–Crippen MR) is 98.0 cm³/mol. The minimum absolute atomic E-state index is 0.0118. The number of nitrogens with one attached hydrogen (secondary N) is 1. The monoisotopic (exact) mass is 354 g/mol. The van der Waals surface area contributed by atoms with E-state index in [0.717, 1.165) is 22.7 Å². The first kappa shape index (κ1) is 17.8. The molecule has 1 N–H and O–H groups in total. The van der Waals surface area contributed by atoms with E-state index in [9.17, 15) is 4.79 Å². The number of benzene rings is 1.